The second-order valence-electron chi connectivity index (χ2n) is 4.93. The fraction of sp³-hybridized carbons (Fsp3) is 0.125. The average molecular weight is 298 g/mol. The number of thiophene rings is 1. The Kier molecular flexibility index (Phi) is 3.35. The van der Waals surface area contributed by atoms with E-state index in [1.54, 1.807) is 23.5 Å². The van der Waals surface area contributed by atoms with Crippen molar-refractivity contribution in [3.8, 4) is 0 Å². The van der Waals surface area contributed by atoms with Crippen molar-refractivity contribution in [3.63, 3.8) is 0 Å². The first-order chi connectivity index (χ1) is 10.0. The van der Waals surface area contributed by atoms with E-state index in [2.05, 4.69) is 5.43 Å². The molecule has 0 unspecified atom stereocenters. The van der Waals surface area contributed by atoms with Crippen LogP contribution in [0.25, 0.3) is 6.08 Å². The topological polar surface area (TPSA) is 49.4 Å². The summed E-state index contributed by atoms with van der Waals surface area (Å²) in [7, 11) is 0. The zero-order valence-corrected chi connectivity index (χ0v) is 12.5. The van der Waals surface area contributed by atoms with Gasteiger partial charge in [-0.3, -0.25) is 15.0 Å². The SMILES string of the molecule is Cc1cccc(N2NC(=O)/C(=C\c3ccc(C)s3)C2=O)c1. The minimum Gasteiger partial charge on any atom is -0.267 e. The van der Waals surface area contributed by atoms with Gasteiger partial charge in [-0.25, -0.2) is 5.01 Å². The Labute approximate surface area is 126 Å². The van der Waals surface area contributed by atoms with Crippen molar-refractivity contribution in [2.45, 2.75) is 13.8 Å². The summed E-state index contributed by atoms with van der Waals surface area (Å²) in [4.78, 5) is 26.5. The Hall–Kier alpha value is -2.40. The molecule has 1 saturated heterocycles. The minimum atomic E-state index is -0.368. The lowest BCUT2D eigenvalue weighted by Gasteiger charge is -2.14. The molecule has 1 aliphatic heterocycles. The molecule has 1 aliphatic rings. The number of aryl methyl sites for hydroxylation is 2. The van der Waals surface area contributed by atoms with Crippen molar-refractivity contribution in [2.75, 3.05) is 5.01 Å². The minimum absolute atomic E-state index is 0.165. The maximum Gasteiger partial charge on any atom is 0.282 e. The number of nitrogens with zero attached hydrogens (tertiary/aromatic N) is 1. The van der Waals surface area contributed by atoms with Gasteiger partial charge in [0.25, 0.3) is 11.8 Å². The molecule has 0 aliphatic carbocycles. The van der Waals surface area contributed by atoms with E-state index in [1.807, 2.05) is 44.2 Å². The van der Waals surface area contributed by atoms with Crippen LogP contribution in [0.15, 0.2) is 42.0 Å². The van der Waals surface area contributed by atoms with Gasteiger partial charge < -0.3 is 0 Å². The molecule has 0 bridgehead atoms. The molecule has 0 radical (unpaired) electrons. The first-order valence-corrected chi connectivity index (χ1v) is 7.36. The Morgan fingerprint density at radius 2 is 1.95 bits per heavy atom. The fourth-order valence-electron chi connectivity index (χ4n) is 2.18. The molecule has 1 aromatic heterocycles. The van der Waals surface area contributed by atoms with Crippen LogP contribution in [0.2, 0.25) is 0 Å². The van der Waals surface area contributed by atoms with Crippen molar-refractivity contribution in [1.82, 2.24) is 5.43 Å². The van der Waals surface area contributed by atoms with Crippen LogP contribution in [0.1, 0.15) is 15.3 Å². The van der Waals surface area contributed by atoms with E-state index >= 15 is 0 Å². The number of amides is 2. The molecule has 1 aromatic carbocycles. The number of hydrogen-bond acceptors (Lipinski definition) is 3. The molecule has 1 fully saturated rings. The summed E-state index contributed by atoms with van der Waals surface area (Å²) >= 11 is 1.55. The van der Waals surface area contributed by atoms with Crippen LogP contribution in [0.4, 0.5) is 5.69 Å². The molecule has 21 heavy (non-hydrogen) atoms. The lowest BCUT2D eigenvalue weighted by atomic mass is 10.2. The van der Waals surface area contributed by atoms with Gasteiger partial charge in [0.15, 0.2) is 0 Å². The van der Waals surface area contributed by atoms with Crippen LogP contribution in [-0.2, 0) is 9.59 Å². The third-order valence-electron chi connectivity index (χ3n) is 3.20. The number of nitrogens with one attached hydrogen (secondary N) is 1. The molecule has 0 atom stereocenters. The first kappa shape index (κ1) is 13.6. The summed E-state index contributed by atoms with van der Waals surface area (Å²) in [5.74, 6) is -0.691. The monoisotopic (exact) mass is 298 g/mol. The molecule has 1 N–H and O–H groups in total. The van der Waals surface area contributed by atoms with E-state index in [-0.39, 0.29) is 17.4 Å². The first-order valence-electron chi connectivity index (χ1n) is 6.55. The molecule has 3 rings (SSSR count). The molecular weight excluding hydrogens is 284 g/mol. The van der Waals surface area contributed by atoms with Crippen LogP contribution >= 0.6 is 11.3 Å². The normalized spacial score (nSPS) is 16.7. The number of hydrazine groups is 1. The summed E-state index contributed by atoms with van der Waals surface area (Å²) in [5.41, 5.74) is 4.47. The van der Waals surface area contributed by atoms with Crippen LogP contribution in [0, 0.1) is 13.8 Å². The largest absolute Gasteiger partial charge is 0.282 e. The van der Waals surface area contributed by atoms with Crippen molar-refractivity contribution >= 4 is 34.9 Å². The smallest absolute Gasteiger partial charge is 0.267 e. The fourth-order valence-corrected chi connectivity index (χ4v) is 3.00. The summed E-state index contributed by atoms with van der Waals surface area (Å²) in [5, 5.41) is 1.29. The van der Waals surface area contributed by atoms with Gasteiger partial charge >= 0.3 is 0 Å². The van der Waals surface area contributed by atoms with Gasteiger partial charge in [-0.1, -0.05) is 12.1 Å². The zero-order chi connectivity index (χ0) is 15.0. The van der Waals surface area contributed by atoms with Gasteiger partial charge in [0.2, 0.25) is 0 Å². The van der Waals surface area contributed by atoms with E-state index < -0.39 is 0 Å². The van der Waals surface area contributed by atoms with E-state index in [1.165, 1.54) is 5.01 Å². The molecular formula is C16H14N2O2S. The van der Waals surface area contributed by atoms with Gasteiger partial charge in [0, 0.05) is 9.75 Å². The third kappa shape index (κ3) is 2.60. The average Bonchev–Trinajstić information content (AvgIpc) is 2.97. The van der Waals surface area contributed by atoms with Crippen LogP contribution in [-0.4, -0.2) is 11.8 Å². The van der Waals surface area contributed by atoms with Crippen LogP contribution in [0.5, 0.6) is 0 Å². The lowest BCUT2D eigenvalue weighted by molar-refractivity contribution is -0.117. The second kappa shape index (κ2) is 5.18. The maximum absolute atomic E-state index is 12.4. The second-order valence-corrected chi connectivity index (χ2v) is 6.25. The molecule has 0 saturated carbocycles. The Balaban J connectivity index is 1.94. The summed E-state index contributed by atoms with van der Waals surface area (Å²) in [6.07, 6.45) is 1.64. The maximum atomic E-state index is 12.4. The van der Waals surface area contributed by atoms with Crippen molar-refractivity contribution in [2.24, 2.45) is 0 Å². The number of carbonyl (C=O) groups excluding carboxylic acids is 2. The van der Waals surface area contributed by atoms with E-state index in [0.717, 1.165) is 15.3 Å². The number of hydrogen-bond donors (Lipinski definition) is 1. The van der Waals surface area contributed by atoms with Crippen LogP contribution < -0.4 is 10.4 Å². The highest BCUT2D eigenvalue weighted by Gasteiger charge is 2.34. The Bertz CT molecular complexity index is 761. The predicted molar refractivity (Wildman–Crippen MR) is 83.8 cm³/mol. The van der Waals surface area contributed by atoms with Gasteiger partial charge in [-0.2, -0.15) is 0 Å². The van der Waals surface area contributed by atoms with Crippen molar-refractivity contribution in [1.29, 1.82) is 0 Å². The predicted octanol–water partition coefficient (Wildman–Crippen LogP) is 2.83. The van der Waals surface area contributed by atoms with E-state index in [9.17, 15) is 9.59 Å². The molecule has 2 amide bonds. The number of rotatable bonds is 2. The molecule has 0 spiro atoms. The Morgan fingerprint density at radius 3 is 2.62 bits per heavy atom. The molecule has 2 heterocycles. The molecule has 2 aromatic rings. The summed E-state index contributed by atoms with van der Waals surface area (Å²) in [6, 6.07) is 11.3. The van der Waals surface area contributed by atoms with Gasteiger partial charge in [-0.05, 0) is 49.8 Å². The quantitative estimate of drug-likeness (QED) is 0.684. The number of benzene rings is 1. The van der Waals surface area contributed by atoms with Crippen molar-refractivity contribution in [3.05, 3.63) is 57.3 Å². The lowest BCUT2D eigenvalue weighted by Crippen LogP contribution is -2.35. The molecule has 4 nitrogen and oxygen atoms in total. The highest BCUT2D eigenvalue weighted by atomic mass is 32.1. The standard InChI is InChI=1S/C16H14N2O2S/c1-10-4-3-5-12(8-10)18-16(20)14(15(19)17-18)9-13-7-6-11(2)21-13/h3-9H,1-2H3,(H,17,19)/b14-9+. The van der Waals surface area contributed by atoms with Crippen LogP contribution in [0.3, 0.4) is 0 Å². The molecule has 5 heteroatoms. The van der Waals surface area contributed by atoms with Gasteiger partial charge in [0.05, 0.1) is 5.69 Å². The summed E-state index contributed by atoms with van der Waals surface area (Å²) in [6.45, 7) is 3.93. The highest BCUT2D eigenvalue weighted by molar-refractivity contribution is 7.12. The summed E-state index contributed by atoms with van der Waals surface area (Å²) < 4.78 is 0. The number of carbonyl (C=O) groups is 2. The highest BCUT2D eigenvalue weighted by Crippen LogP contribution is 2.24. The third-order valence-corrected chi connectivity index (χ3v) is 4.15. The van der Waals surface area contributed by atoms with E-state index in [0.29, 0.717) is 5.69 Å². The van der Waals surface area contributed by atoms with Crippen molar-refractivity contribution < 1.29 is 9.59 Å². The number of anilines is 1. The zero-order valence-electron chi connectivity index (χ0n) is 11.7. The Morgan fingerprint density at radius 1 is 1.14 bits per heavy atom. The van der Waals surface area contributed by atoms with Gasteiger partial charge in [0.1, 0.15) is 5.57 Å². The van der Waals surface area contributed by atoms with Gasteiger partial charge in [-0.15, -0.1) is 11.3 Å². The van der Waals surface area contributed by atoms with E-state index in [4.69, 9.17) is 0 Å². The molecule has 106 valence electrons.